The van der Waals surface area contributed by atoms with Crippen molar-refractivity contribution in [3.05, 3.63) is 18.2 Å². The maximum absolute atomic E-state index is 13.4. The Kier molecular flexibility index (Phi) is 6.27. The molecule has 2 heterocycles. The fourth-order valence-corrected chi connectivity index (χ4v) is 3.45. The van der Waals surface area contributed by atoms with Gasteiger partial charge in [-0.1, -0.05) is 0 Å². The van der Waals surface area contributed by atoms with Gasteiger partial charge in [-0.25, -0.2) is 9.78 Å². The summed E-state index contributed by atoms with van der Waals surface area (Å²) in [6.45, 7) is 8.53. The molecule has 1 aliphatic heterocycles. The predicted octanol–water partition coefficient (Wildman–Crippen LogP) is 1.41. The Labute approximate surface area is 167 Å². The molecule has 156 valence electrons. The van der Waals surface area contributed by atoms with Crippen molar-refractivity contribution < 1.29 is 14.3 Å². The Hall–Kier alpha value is -2.09. The zero-order valence-corrected chi connectivity index (χ0v) is 17.5. The SMILES string of the molecule is Cn1cncc1CCN(CC1CC1)C(=O)[C@H]1CNCCN1C(=O)OC(C)(C)C. The van der Waals surface area contributed by atoms with Crippen LogP contribution in [0.25, 0.3) is 0 Å². The van der Waals surface area contributed by atoms with Crippen LogP contribution in [-0.2, 0) is 23.0 Å². The van der Waals surface area contributed by atoms with E-state index in [-0.39, 0.29) is 5.91 Å². The second kappa shape index (κ2) is 8.51. The summed E-state index contributed by atoms with van der Waals surface area (Å²) in [6.07, 6.45) is 6.31. The molecule has 1 saturated heterocycles. The van der Waals surface area contributed by atoms with E-state index in [1.165, 1.54) is 12.8 Å². The summed E-state index contributed by atoms with van der Waals surface area (Å²) in [6, 6.07) is -0.520. The number of carbonyl (C=O) groups is 2. The number of ether oxygens (including phenoxy) is 1. The highest BCUT2D eigenvalue weighted by atomic mass is 16.6. The fraction of sp³-hybridized carbons (Fsp3) is 0.750. The Balaban J connectivity index is 1.69. The molecule has 3 rings (SSSR count). The van der Waals surface area contributed by atoms with Gasteiger partial charge >= 0.3 is 6.09 Å². The fourth-order valence-electron chi connectivity index (χ4n) is 3.45. The van der Waals surface area contributed by atoms with Crippen LogP contribution < -0.4 is 5.32 Å². The van der Waals surface area contributed by atoms with Gasteiger partial charge in [0.1, 0.15) is 11.6 Å². The van der Waals surface area contributed by atoms with E-state index in [1.54, 1.807) is 11.2 Å². The summed E-state index contributed by atoms with van der Waals surface area (Å²) in [5, 5.41) is 3.25. The van der Waals surface area contributed by atoms with Crippen LogP contribution in [0.5, 0.6) is 0 Å². The molecule has 0 spiro atoms. The van der Waals surface area contributed by atoms with E-state index in [4.69, 9.17) is 4.74 Å². The first kappa shape index (κ1) is 20.6. The van der Waals surface area contributed by atoms with Gasteiger partial charge in [-0.05, 0) is 39.5 Å². The highest BCUT2D eigenvalue weighted by molar-refractivity contribution is 5.86. The maximum atomic E-state index is 13.4. The minimum absolute atomic E-state index is 0.00660. The third-order valence-corrected chi connectivity index (χ3v) is 5.20. The summed E-state index contributed by atoms with van der Waals surface area (Å²) >= 11 is 0. The summed E-state index contributed by atoms with van der Waals surface area (Å²) in [5.41, 5.74) is 0.516. The van der Waals surface area contributed by atoms with E-state index < -0.39 is 17.7 Å². The average molecular weight is 392 g/mol. The highest BCUT2D eigenvalue weighted by Gasteiger charge is 2.38. The molecule has 2 aliphatic rings. The first-order valence-electron chi connectivity index (χ1n) is 10.2. The number of carbonyl (C=O) groups excluding carboxylic acids is 2. The zero-order chi connectivity index (χ0) is 20.3. The smallest absolute Gasteiger partial charge is 0.411 e. The lowest BCUT2D eigenvalue weighted by molar-refractivity contribution is -0.137. The second-order valence-corrected chi connectivity index (χ2v) is 8.87. The molecule has 1 atom stereocenters. The lowest BCUT2D eigenvalue weighted by atomic mass is 10.1. The van der Waals surface area contributed by atoms with Gasteiger partial charge in [0.25, 0.3) is 0 Å². The van der Waals surface area contributed by atoms with E-state index in [0.717, 1.165) is 18.7 Å². The molecule has 0 radical (unpaired) electrons. The van der Waals surface area contributed by atoms with Gasteiger partial charge in [-0.15, -0.1) is 0 Å². The minimum Gasteiger partial charge on any atom is -0.444 e. The van der Waals surface area contributed by atoms with Crippen LogP contribution >= 0.6 is 0 Å². The molecule has 0 aromatic carbocycles. The normalized spacial score (nSPS) is 20.1. The Morgan fingerprint density at radius 3 is 2.71 bits per heavy atom. The first-order chi connectivity index (χ1) is 13.2. The summed E-state index contributed by atoms with van der Waals surface area (Å²) in [4.78, 5) is 33.7. The van der Waals surface area contributed by atoms with E-state index in [0.29, 0.717) is 32.1 Å². The monoisotopic (exact) mass is 391 g/mol. The summed E-state index contributed by atoms with van der Waals surface area (Å²) in [5.74, 6) is 0.592. The molecule has 1 aliphatic carbocycles. The van der Waals surface area contributed by atoms with Crippen molar-refractivity contribution in [1.82, 2.24) is 24.7 Å². The number of amides is 2. The molecule has 2 fully saturated rings. The van der Waals surface area contributed by atoms with Crippen LogP contribution in [0.4, 0.5) is 4.79 Å². The lowest BCUT2D eigenvalue weighted by Gasteiger charge is -2.38. The van der Waals surface area contributed by atoms with Crippen LogP contribution in [0.3, 0.4) is 0 Å². The van der Waals surface area contributed by atoms with Crippen molar-refractivity contribution in [1.29, 1.82) is 0 Å². The molecule has 2 amide bonds. The van der Waals surface area contributed by atoms with Gasteiger partial charge in [0, 0.05) is 58.1 Å². The Morgan fingerprint density at radius 2 is 2.11 bits per heavy atom. The van der Waals surface area contributed by atoms with Crippen molar-refractivity contribution in [2.45, 2.75) is 51.7 Å². The van der Waals surface area contributed by atoms with Crippen molar-refractivity contribution in [2.24, 2.45) is 13.0 Å². The topological polar surface area (TPSA) is 79.7 Å². The molecule has 28 heavy (non-hydrogen) atoms. The van der Waals surface area contributed by atoms with Crippen LogP contribution in [0, 0.1) is 5.92 Å². The van der Waals surface area contributed by atoms with Gasteiger partial charge in [0.15, 0.2) is 0 Å². The van der Waals surface area contributed by atoms with Gasteiger partial charge in [0.2, 0.25) is 5.91 Å². The molecule has 8 heteroatoms. The molecule has 0 bridgehead atoms. The van der Waals surface area contributed by atoms with E-state index in [1.807, 2.05) is 43.5 Å². The number of hydrogen-bond acceptors (Lipinski definition) is 5. The van der Waals surface area contributed by atoms with Gasteiger partial charge in [-0.2, -0.15) is 0 Å². The molecule has 8 nitrogen and oxygen atoms in total. The summed E-state index contributed by atoms with van der Waals surface area (Å²) in [7, 11) is 1.96. The van der Waals surface area contributed by atoms with Gasteiger partial charge in [0.05, 0.1) is 6.33 Å². The number of rotatable bonds is 6. The third-order valence-electron chi connectivity index (χ3n) is 5.20. The molecule has 0 unspecified atom stereocenters. The predicted molar refractivity (Wildman–Crippen MR) is 106 cm³/mol. The van der Waals surface area contributed by atoms with Crippen LogP contribution in [0.2, 0.25) is 0 Å². The number of imidazole rings is 1. The second-order valence-electron chi connectivity index (χ2n) is 8.87. The molecular formula is C20H33N5O3. The van der Waals surface area contributed by atoms with Crippen LogP contribution in [0.15, 0.2) is 12.5 Å². The molecular weight excluding hydrogens is 358 g/mol. The van der Waals surface area contributed by atoms with E-state index in [9.17, 15) is 9.59 Å². The quantitative estimate of drug-likeness (QED) is 0.793. The van der Waals surface area contributed by atoms with Crippen LogP contribution in [0.1, 0.15) is 39.3 Å². The van der Waals surface area contributed by atoms with E-state index in [2.05, 4.69) is 10.3 Å². The molecule has 1 N–H and O–H groups in total. The molecule has 1 saturated carbocycles. The molecule has 1 aromatic heterocycles. The largest absolute Gasteiger partial charge is 0.444 e. The Bertz CT molecular complexity index is 692. The zero-order valence-electron chi connectivity index (χ0n) is 17.5. The summed E-state index contributed by atoms with van der Waals surface area (Å²) < 4.78 is 7.52. The van der Waals surface area contributed by atoms with Crippen molar-refractivity contribution >= 4 is 12.0 Å². The number of aryl methyl sites for hydroxylation is 1. The third kappa shape index (κ3) is 5.47. The van der Waals surface area contributed by atoms with E-state index >= 15 is 0 Å². The number of nitrogens with one attached hydrogen (secondary N) is 1. The average Bonchev–Trinajstić information content (AvgIpc) is 3.36. The van der Waals surface area contributed by atoms with Gasteiger partial charge in [-0.3, -0.25) is 9.69 Å². The maximum Gasteiger partial charge on any atom is 0.411 e. The first-order valence-corrected chi connectivity index (χ1v) is 10.2. The van der Waals surface area contributed by atoms with Crippen LogP contribution in [-0.4, -0.2) is 75.7 Å². The van der Waals surface area contributed by atoms with Crippen molar-refractivity contribution in [3.63, 3.8) is 0 Å². The number of piperazine rings is 1. The standard InChI is InChI=1S/C20H33N5O3/c1-20(2,3)28-19(27)25-10-8-21-12-17(25)18(26)24(13-15-5-6-15)9-7-16-11-22-14-23(16)4/h11,14-15,17,21H,5-10,12-13H2,1-4H3/t17-/m1/s1. The van der Waals surface area contributed by atoms with Gasteiger partial charge < -0.3 is 19.5 Å². The lowest BCUT2D eigenvalue weighted by Crippen LogP contribution is -2.61. The van der Waals surface area contributed by atoms with Crippen molar-refractivity contribution in [2.75, 3.05) is 32.7 Å². The number of aromatic nitrogens is 2. The number of nitrogens with zero attached hydrogens (tertiary/aromatic N) is 4. The Morgan fingerprint density at radius 1 is 1.36 bits per heavy atom. The van der Waals surface area contributed by atoms with Crippen molar-refractivity contribution in [3.8, 4) is 0 Å². The highest BCUT2D eigenvalue weighted by Crippen LogP contribution is 2.30. The molecule has 1 aromatic rings. The number of hydrogen-bond donors (Lipinski definition) is 1. The minimum atomic E-state index is -0.581.